The molecule has 0 unspecified atom stereocenters. The van der Waals surface area contributed by atoms with Gasteiger partial charge in [-0.05, 0) is 50.1 Å². The molecule has 0 aliphatic heterocycles. The van der Waals surface area contributed by atoms with E-state index in [-0.39, 0.29) is 0 Å². The van der Waals surface area contributed by atoms with E-state index in [1.165, 1.54) is 0 Å². The minimum Gasteiger partial charge on any atom is -0.496 e. The fourth-order valence-electron chi connectivity index (χ4n) is 1.74. The second kappa shape index (κ2) is 5.00. The Morgan fingerprint density at radius 3 is 2.39 bits per heavy atom. The second-order valence-electron chi connectivity index (χ2n) is 4.08. The summed E-state index contributed by atoms with van der Waals surface area (Å²) in [6, 6.07) is 5.92. The Hall–Kier alpha value is -2.17. The number of benzene rings is 1. The summed E-state index contributed by atoms with van der Waals surface area (Å²) >= 11 is 0. The Morgan fingerprint density at radius 1 is 1.17 bits per heavy atom. The van der Waals surface area contributed by atoms with Crippen LogP contribution in [0.4, 0.5) is 0 Å². The van der Waals surface area contributed by atoms with E-state index < -0.39 is 0 Å². The lowest BCUT2D eigenvalue weighted by Gasteiger charge is -2.04. The van der Waals surface area contributed by atoms with Crippen LogP contribution in [0.3, 0.4) is 0 Å². The van der Waals surface area contributed by atoms with Crippen molar-refractivity contribution in [3.8, 4) is 5.75 Å². The van der Waals surface area contributed by atoms with Crippen LogP contribution >= 0.6 is 0 Å². The van der Waals surface area contributed by atoms with E-state index in [2.05, 4.69) is 15.3 Å². The van der Waals surface area contributed by atoms with Crippen molar-refractivity contribution in [3.05, 3.63) is 41.0 Å². The third-order valence-corrected chi connectivity index (χ3v) is 2.69. The van der Waals surface area contributed by atoms with Crippen LogP contribution in [0, 0.1) is 20.8 Å². The summed E-state index contributed by atoms with van der Waals surface area (Å²) < 4.78 is 6.93. The molecule has 0 spiro atoms. The molecule has 18 heavy (non-hydrogen) atoms. The van der Waals surface area contributed by atoms with Gasteiger partial charge in [0.1, 0.15) is 5.75 Å². The molecular formula is C13H16N4O. The van der Waals surface area contributed by atoms with Crippen molar-refractivity contribution in [3.63, 3.8) is 0 Å². The predicted molar refractivity (Wildman–Crippen MR) is 70.2 cm³/mol. The van der Waals surface area contributed by atoms with Crippen LogP contribution in [0.15, 0.2) is 23.3 Å². The number of rotatable bonds is 3. The van der Waals surface area contributed by atoms with Gasteiger partial charge in [0.05, 0.1) is 13.3 Å². The summed E-state index contributed by atoms with van der Waals surface area (Å²) in [6.07, 6.45) is 1.79. The summed E-state index contributed by atoms with van der Waals surface area (Å²) in [5.74, 6) is 2.42. The van der Waals surface area contributed by atoms with Crippen molar-refractivity contribution in [1.29, 1.82) is 0 Å². The lowest BCUT2D eigenvalue weighted by Crippen LogP contribution is -1.96. The lowest BCUT2D eigenvalue weighted by atomic mass is 10.1. The highest BCUT2D eigenvalue weighted by atomic mass is 16.5. The van der Waals surface area contributed by atoms with Gasteiger partial charge in [-0.25, -0.2) is 4.68 Å². The zero-order valence-corrected chi connectivity index (χ0v) is 11.0. The Bertz CT molecular complexity index is 567. The molecule has 0 aliphatic rings. The molecular weight excluding hydrogens is 228 g/mol. The quantitative estimate of drug-likeness (QED) is 0.777. The molecule has 5 heteroatoms. The van der Waals surface area contributed by atoms with Crippen molar-refractivity contribution >= 4 is 6.21 Å². The average Bonchev–Trinajstić information content (AvgIpc) is 2.67. The molecule has 1 aromatic carbocycles. The molecule has 0 saturated carbocycles. The SMILES string of the molecule is COc1ccc(/C=N/n2c(C)nnc2C)cc1C. The highest BCUT2D eigenvalue weighted by Crippen LogP contribution is 2.17. The zero-order valence-electron chi connectivity index (χ0n) is 11.0. The van der Waals surface area contributed by atoms with Crippen molar-refractivity contribution in [2.75, 3.05) is 7.11 Å². The van der Waals surface area contributed by atoms with Gasteiger partial charge in [-0.15, -0.1) is 10.2 Å². The Kier molecular flexibility index (Phi) is 3.41. The summed E-state index contributed by atoms with van der Waals surface area (Å²) in [5, 5.41) is 12.3. The first kappa shape index (κ1) is 12.3. The predicted octanol–water partition coefficient (Wildman–Crippen LogP) is 2.09. The largest absolute Gasteiger partial charge is 0.496 e. The van der Waals surface area contributed by atoms with Gasteiger partial charge in [0, 0.05) is 0 Å². The maximum absolute atomic E-state index is 5.22. The summed E-state index contributed by atoms with van der Waals surface area (Å²) in [4.78, 5) is 0. The van der Waals surface area contributed by atoms with Crippen molar-refractivity contribution in [2.24, 2.45) is 5.10 Å². The highest BCUT2D eigenvalue weighted by Gasteiger charge is 2.02. The number of aryl methyl sites for hydroxylation is 3. The van der Waals surface area contributed by atoms with Crippen LogP contribution in [0.2, 0.25) is 0 Å². The molecule has 0 bridgehead atoms. The number of nitrogens with zero attached hydrogens (tertiary/aromatic N) is 4. The summed E-state index contributed by atoms with van der Waals surface area (Å²) in [7, 11) is 1.67. The molecule has 0 aliphatic carbocycles. The van der Waals surface area contributed by atoms with E-state index in [0.717, 1.165) is 28.5 Å². The molecule has 0 N–H and O–H groups in total. The molecule has 0 atom stereocenters. The standard InChI is InChI=1S/C13H16N4O/c1-9-7-12(5-6-13(9)18-4)8-14-17-10(2)15-16-11(17)3/h5-8H,1-4H3/b14-8+. The van der Waals surface area contributed by atoms with Gasteiger partial charge < -0.3 is 4.74 Å². The molecule has 0 fully saturated rings. The van der Waals surface area contributed by atoms with E-state index in [1.54, 1.807) is 18.0 Å². The molecule has 2 rings (SSSR count). The van der Waals surface area contributed by atoms with Gasteiger partial charge in [0.2, 0.25) is 0 Å². The minimum atomic E-state index is 0.772. The Balaban J connectivity index is 2.27. The van der Waals surface area contributed by atoms with Crippen LogP contribution < -0.4 is 4.74 Å². The highest BCUT2D eigenvalue weighted by molar-refractivity contribution is 5.80. The zero-order chi connectivity index (χ0) is 13.1. The summed E-state index contributed by atoms with van der Waals surface area (Å²) in [6.45, 7) is 5.75. The lowest BCUT2D eigenvalue weighted by molar-refractivity contribution is 0.411. The first-order valence-corrected chi connectivity index (χ1v) is 5.69. The van der Waals surface area contributed by atoms with Crippen LogP contribution in [-0.4, -0.2) is 28.2 Å². The van der Waals surface area contributed by atoms with Crippen LogP contribution in [0.1, 0.15) is 22.8 Å². The van der Waals surface area contributed by atoms with Crippen molar-refractivity contribution < 1.29 is 4.74 Å². The number of hydrogen-bond donors (Lipinski definition) is 0. The topological polar surface area (TPSA) is 52.3 Å². The molecule has 5 nitrogen and oxygen atoms in total. The maximum Gasteiger partial charge on any atom is 0.151 e. The minimum absolute atomic E-state index is 0.772. The first-order chi connectivity index (χ1) is 8.61. The Morgan fingerprint density at radius 2 is 1.83 bits per heavy atom. The summed E-state index contributed by atoms with van der Waals surface area (Å²) in [5.41, 5.74) is 2.10. The van der Waals surface area contributed by atoms with E-state index >= 15 is 0 Å². The molecule has 1 aromatic heterocycles. The van der Waals surface area contributed by atoms with Gasteiger partial charge >= 0.3 is 0 Å². The molecule has 0 radical (unpaired) electrons. The second-order valence-corrected chi connectivity index (χ2v) is 4.08. The Labute approximate surface area is 106 Å². The van der Waals surface area contributed by atoms with Crippen LogP contribution in [-0.2, 0) is 0 Å². The van der Waals surface area contributed by atoms with Crippen molar-refractivity contribution in [1.82, 2.24) is 14.9 Å². The van der Waals surface area contributed by atoms with E-state index in [4.69, 9.17) is 4.74 Å². The molecule has 2 aromatic rings. The number of aromatic nitrogens is 3. The van der Waals surface area contributed by atoms with E-state index in [9.17, 15) is 0 Å². The number of ether oxygens (including phenoxy) is 1. The van der Waals surface area contributed by atoms with E-state index in [1.807, 2.05) is 39.0 Å². The third-order valence-electron chi connectivity index (χ3n) is 2.69. The van der Waals surface area contributed by atoms with Crippen molar-refractivity contribution in [2.45, 2.75) is 20.8 Å². The first-order valence-electron chi connectivity index (χ1n) is 5.69. The third kappa shape index (κ3) is 2.40. The smallest absolute Gasteiger partial charge is 0.151 e. The van der Waals surface area contributed by atoms with Gasteiger partial charge in [0.15, 0.2) is 11.6 Å². The molecule has 0 amide bonds. The number of hydrogen-bond acceptors (Lipinski definition) is 4. The van der Waals surface area contributed by atoms with Gasteiger partial charge in [0.25, 0.3) is 0 Å². The molecule has 94 valence electrons. The van der Waals surface area contributed by atoms with Gasteiger partial charge in [-0.1, -0.05) is 0 Å². The molecule has 0 saturated heterocycles. The van der Waals surface area contributed by atoms with Crippen LogP contribution in [0.25, 0.3) is 0 Å². The normalized spacial score (nSPS) is 11.1. The molecule has 1 heterocycles. The van der Waals surface area contributed by atoms with E-state index in [0.29, 0.717) is 0 Å². The maximum atomic E-state index is 5.22. The monoisotopic (exact) mass is 244 g/mol. The number of methoxy groups -OCH3 is 1. The van der Waals surface area contributed by atoms with Crippen LogP contribution in [0.5, 0.6) is 5.75 Å². The average molecular weight is 244 g/mol. The van der Waals surface area contributed by atoms with Gasteiger partial charge in [-0.3, -0.25) is 0 Å². The van der Waals surface area contributed by atoms with Gasteiger partial charge in [-0.2, -0.15) is 5.10 Å². The fraction of sp³-hybridized carbons (Fsp3) is 0.308. The fourth-order valence-corrected chi connectivity index (χ4v) is 1.74.